The minimum atomic E-state index is -4.50. The number of aryl methyl sites for hydroxylation is 1. The Balaban J connectivity index is 1.49. The molecule has 4 aromatic rings. The minimum Gasteiger partial charge on any atom is -0.487 e. The molecule has 1 aliphatic rings. The van der Waals surface area contributed by atoms with E-state index in [0.717, 1.165) is 16.8 Å². The fraction of sp³-hybridized carbons (Fsp3) is 0.242. The molecule has 0 spiro atoms. The second-order valence-electron chi connectivity index (χ2n) is 10.9. The zero-order valence-electron chi connectivity index (χ0n) is 24.5. The number of carboxylic acids is 1. The van der Waals surface area contributed by atoms with E-state index in [-0.39, 0.29) is 18.8 Å². The van der Waals surface area contributed by atoms with Crippen LogP contribution in [0.1, 0.15) is 47.6 Å². The van der Waals surface area contributed by atoms with Crippen molar-refractivity contribution in [3.8, 4) is 5.75 Å². The maximum Gasteiger partial charge on any atom is 0.321 e. The topological polar surface area (TPSA) is 148 Å². The van der Waals surface area contributed by atoms with Gasteiger partial charge in [-0.3, -0.25) is 14.6 Å². The van der Waals surface area contributed by atoms with E-state index in [9.17, 15) is 23.1 Å². The van der Waals surface area contributed by atoms with Crippen molar-refractivity contribution in [1.29, 1.82) is 0 Å². The normalized spacial score (nSPS) is 17.3. The number of allylic oxidation sites excluding steroid dienone is 2. The standard InChI is InChI=1S/C33H33N3O7S/c1-21(2)29(32(38)39)36-44(40,41)33(17-15-24(16-18-33)23-10-5-4-6-11-23)35-31(37)30-22(3)28-26(13-9-14-27(28)43-30)42-20-25-12-7-8-19-34-25/h4-17,19,21,29,36H,18,20H2,1-3H3,(H,35,37)(H,38,39)/t29-,33?/m0/s1. The van der Waals surface area contributed by atoms with Crippen LogP contribution in [0.3, 0.4) is 0 Å². The highest BCUT2D eigenvalue weighted by Crippen LogP contribution is 2.35. The average molecular weight is 616 g/mol. The third-order valence-electron chi connectivity index (χ3n) is 7.51. The van der Waals surface area contributed by atoms with Gasteiger partial charge in [-0.05, 0) is 54.3 Å². The molecule has 0 saturated carbocycles. The molecule has 1 unspecified atom stereocenters. The van der Waals surface area contributed by atoms with Gasteiger partial charge in [-0.25, -0.2) is 8.42 Å². The quantitative estimate of drug-likeness (QED) is 0.208. The summed E-state index contributed by atoms with van der Waals surface area (Å²) in [7, 11) is -4.50. The Kier molecular flexibility index (Phi) is 8.70. The Morgan fingerprint density at radius 3 is 2.45 bits per heavy atom. The van der Waals surface area contributed by atoms with Crippen LogP contribution in [0.15, 0.2) is 95.6 Å². The predicted octanol–water partition coefficient (Wildman–Crippen LogP) is 5.21. The van der Waals surface area contributed by atoms with Crippen molar-refractivity contribution < 1.29 is 32.3 Å². The van der Waals surface area contributed by atoms with Gasteiger partial charge in [-0.15, -0.1) is 0 Å². The SMILES string of the molecule is Cc1c(C(=O)NC2(S(=O)(=O)N[C@H](C(=O)O)C(C)C)C=CC(c3ccccc3)=CC2)oc2cccc(OCc3ccccn3)c12. The Hall–Kier alpha value is -4.74. The van der Waals surface area contributed by atoms with Gasteiger partial charge >= 0.3 is 5.97 Å². The summed E-state index contributed by atoms with van der Waals surface area (Å²) >= 11 is 0. The fourth-order valence-electron chi connectivity index (χ4n) is 5.06. The molecular weight excluding hydrogens is 582 g/mol. The van der Waals surface area contributed by atoms with Crippen LogP contribution in [0.4, 0.5) is 0 Å². The molecule has 3 N–H and O–H groups in total. The predicted molar refractivity (Wildman–Crippen MR) is 166 cm³/mol. The molecule has 0 saturated heterocycles. The number of carboxylic acid groups (broad SMARTS) is 1. The third kappa shape index (κ3) is 6.15. The monoisotopic (exact) mass is 615 g/mol. The molecule has 2 aromatic carbocycles. The summed E-state index contributed by atoms with van der Waals surface area (Å²) in [5.41, 5.74) is 3.19. The lowest BCUT2D eigenvalue weighted by Gasteiger charge is -2.34. The van der Waals surface area contributed by atoms with Gasteiger partial charge in [0.2, 0.25) is 10.0 Å². The Labute approximate surface area is 255 Å². The Morgan fingerprint density at radius 2 is 1.82 bits per heavy atom. The summed E-state index contributed by atoms with van der Waals surface area (Å²) in [6.45, 7) is 5.08. The van der Waals surface area contributed by atoms with Crippen LogP contribution in [0, 0.1) is 12.8 Å². The van der Waals surface area contributed by atoms with E-state index in [1.807, 2.05) is 48.5 Å². The van der Waals surface area contributed by atoms with Crippen LogP contribution in [-0.2, 0) is 21.4 Å². The van der Waals surface area contributed by atoms with Gasteiger partial charge in [0.05, 0.1) is 11.1 Å². The number of furan rings is 1. The van der Waals surface area contributed by atoms with E-state index in [0.29, 0.717) is 22.3 Å². The lowest BCUT2D eigenvalue weighted by Crippen LogP contribution is -2.60. The van der Waals surface area contributed by atoms with E-state index in [1.165, 1.54) is 6.08 Å². The Bertz CT molecular complexity index is 1850. The second kappa shape index (κ2) is 12.5. The lowest BCUT2D eigenvalue weighted by molar-refractivity contribution is -0.140. The number of nitrogens with one attached hydrogen (secondary N) is 2. The highest BCUT2D eigenvalue weighted by Gasteiger charge is 2.46. The highest BCUT2D eigenvalue weighted by atomic mass is 32.2. The number of amides is 1. The van der Waals surface area contributed by atoms with Crippen LogP contribution in [0.25, 0.3) is 16.5 Å². The second-order valence-corrected chi connectivity index (χ2v) is 12.9. The van der Waals surface area contributed by atoms with Gasteiger partial charge in [0.25, 0.3) is 5.91 Å². The zero-order chi connectivity index (χ0) is 31.5. The number of fused-ring (bicyclic) bond motifs is 1. The number of pyridine rings is 1. The van der Waals surface area contributed by atoms with Gasteiger partial charge in [-0.2, -0.15) is 4.72 Å². The first-order valence-corrected chi connectivity index (χ1v) is 15.6. The van der Waals surface area contributed by atoms with Crippen molar-refractivity contribution in [2.24, 2.45) is 5.92 Å². The molecule has 5 rings (SSSR count). The molecular formula is C33H33N3O7S. The number of benzene rings is 2. The average Bonchev–Trinajstić information content (AvgIpc) is 3.36. The van der Waals surface area contributed by atoms with Crippen molar-refractivity contribution in [3.05, 3.63) is 114 Å². The molecule has 10 nitrogen and oxygen atoms in total. The van der Waals surface area contributed by atoms with Crippen LogP contribution in [-0.4, -0.2) is 41.3 Å². The molecule has 0 fully saturated rings. The number of sulfonamides is 1. The summed E-state index contributed by atoms with van der Waals surface area (Å²) in [4.78, 5) is 28.0. The molecule has 2 aromatic heterocycles. The fourth-order valence-corrected chi connectivity index (χ4v) is 6.75. The summed E-state index contributed by atoms with van der Waals surface area (Å²) in [5.74, 6) is -2.27. The third-order valence-corrected chi connectivity index (χ3v) is 9.44. The van der Waals surface area contributed by atoms with Crippen LogP contribution < -0.4 is 14.8 Å². The number of rotatable bonds is 11. The molecule has 44 heavy (non-hydrogen) atoms. The van der Waals surface area contributed by atoms with Crippen LogP contribution >= 0.6 is 0 Å². The summed E-state index contributed by atoms with van der Waals surface area (Å²) < 4.78 is 42.2. The number of nitrogens with zero attached hydrogens (tertiary/aromatic N) is 1. The van der Waals surface area contributed by atoms with Crippen LogP contribution in [0.2, 0.25) is 0 Å². The van der Waals surface area contributed by atoms with Gasteiger partial charge < -0.3 is 19.6 Å². The minimum absolute atomic E-state index is 0.0895. The molecule has 228 valence electrons. The number of hydrogen-bond acceptors (Lipinski definition) is 7. The molecule has 1 aliphatic carbocycles. The van der Waals surface area contributed by atoms with Crippen molar-refractivity contribution in [3.63, 3.8) is 0 Å². The molecule has 11 heteroatoms. The summed E-state index contributed by atoms with van der Waals surface area (Å²) in [5, 5.41) is 13.0. The van der Waals surface area contributed by atoms with Crippen molar-refractivity contribution >= 4 is 38.4 Å². The van der Waals surface area contributed by atoms with E-state index in [1.54, 1.807) is 57.3 Å². The number of carbonyl (C=O) groups is 2. The largest absolute Gasteiger partial charge is 0.487 e. The van der Waals surface area contributed by atoms with Crippen molar-refractivity contribution in [1.82, 2.24) is 15.0 Å². The van der Waals surface area contributed by atoms with E-state index < -0.39 is 38.7 Å². The molecule has 2 heterocycles. The van der Waals surface area contributed by atoms with Crippen molar-refractivity contribution in [2.75, 3.05) is 0 Å². The summed E-state index contributed by atoms with van der Waals surface area (Å²) in [6, 6.07) is 18.6. The first-order valence-electron chi connectivity index (χ1n) is 14.1. The highest BCUT2D eigenvalue weighted by molar-refractivity contribution is 7.91. The number of carbonyl (C=O) groups excluding carboxylic acids is 1. The van der Waals surface area contributed by atoms with Crippen molar-refractivity contribution in [2.45, 2.75) is 44.7 Å². The zero-order valence-corrected chi connectivity index (χ0v) is 25.3. The van der Waals surface area contributed by atoms with Gasteiger partial charge in [0, 0.05) is 18.2 Å². The van der Waals surface area contributed by atoms with Gasteiger partial charge in [-0.1, -0.05) is 68.5 Å². The lowest BCUT2D eigenvalue weighted by atomic mass is 9.96. The number of aromatic nitrogens is 1. The molecule has 0 radical (unpaired) electrons. The maximum atomic E-state index is 13.9. The van der Waals surface area contributed by atoms with Gasteiger partial charge in [0.15, 0.2) is 10.6 Å². The van der Waals surface area contributed by atoms with E-state index in [4.69, 9.17) is 9.15 Å². The molecule has 0 bridgehead atoms. The van der Waals surface area contributed by atoms with Gasteiger partial charge in [0.1, 0.15) is 24.0 Å². The number of aliphatic carboxylic acids is 1. The molecule has 2 atom stereocenters. The first-order chi connectivity index (χ1) is 21.0. The molecule has 0 aliphatic heterocycles. The number of hydrogen-bond donors (Lipinski definition) is 3. The maximum absolute atomic E-state index is 13.9. The summed E-state index contributed by atoms with van der Waals surface area (Å²) in [6.07, 6.45) is 6.21. The van der Waals surface area contributed by atoms with Crippen LogP contribution in [0.5, 0.6) is 5.75 Å². The first kappa shape index (κ1) is 30.7. The Morgan fingerprint density at radius 1 is 1.07 bits per heavy atom. The number of ether oxygens (including phenoxy) is 1. The molecule has 1 amide bonds. The van der Waals surface area contributed by atoms with E-state index in [2.05, 4.69) is 15.0 Å². The van der Waals surface area contributed by atoms with E-state index >= 15 is 0 Å². The smallest absolute Gasteiger partial charge is 0.321 e.